The molecule has 0 aromatic heterocycles. The summed E-state index contributed by atoms with van der Waals surface area (Å²) in [5, 5.41) is 36.9. The highest BCUT2D eigenvalue weighted by Crippen LogP contribution is 2.24. The minimum absolute atomic E-state index is 0.0211. The first-order valence-electron chi connectivity index (χ1n) is 11.2. The van der Waals surface area contributed by atoms with Crippen molar-refractivity contribution in [3.63, 3.8) is 0 Å². The fraction of sp³-hybridized carbons (Fsp3) is 0.739. The fourth-order valence-electron chi connectivity index (χ4n) is 3.60. The second-order valence-electron chi connectivity index (χ2n) is 8.32. The largest absolute Gasteiger partial charge is 0.481 e. The maximum atomic E-state index is 11.7. The van der Waals surface area contributed by atoms with Crippen LogP contribution in [0, 0.1) is 17.8 Å². The zero-order valence-electron chi connectivity index (χ0n) is 18.7. The zero-order chi connectivity index (χ0) is 23.8. The summed E-state index contributed by atoms with van der Waals surface area (Å²) >= 11 is 0. The first-order chi connectivity index (χ1) is 14.6. The Kier molecular flexibility index (Phi) is 15.1. The number of rotatable bonds is 19. The molecule has 4 N–H and O–H groups in total. The molecular formula is C23H38O8. The maximum absolute atomic E-state index is 11.7. The highest BCUT2D eigenvalue weighted by molar-refractivity contribution is 5.93. The minimum atomic E-state index is -1.29. The normalized spacial score (nSPS) is 14.6. The van der Waals surface area contributed by atoms with E-state index in [4.69, 9.17) is 10.2 Å². The van der Waals surface area contributed by atoms with Crippen LogP contribution in [0.3, 0.4) is 0 Å². The Bertz CT molecular complexity index is 611. The number of carboxylic acid groups (broad SMARTS) is 4. The Hall–Kier alpha value is -2.38. The summed E-state index contributed by atoms with van der Waals surface area (Å²) in [7, 11) is 0. The number of carboxylic acids is 4. The van der Waals surface area contributed by atoms with Gasteiger partial charge in [0.15, 0.2) is 0 Å². The van der Waals surface area contributed by atoms with Crippen LogP contribution in [0.4, 0.5) is 0 Å². The number of hydrogen-bond donors (Lipinski definition) is 4. The van der Waals surface area contributed by atoms with Gasteiger partial charge in [0.2, 0.25) is 0 Å². The molecule has 3 atom stereocenters. The van der Waals surface area contributed by atoms with Crippen LogP contribution in [0.2, 0.25) is 0 Å². The summed E-state index contributed by atoms with van der Waals surface area (Å²) in [6.45, 7) is 4.18. The van der Waals surface area contributed by atoms with Gasteiger partial charge >= 0.3 is 23.9 Å². The van der Waals surface area contributed by atoms with E-state index in [0.29, 0.717) is 6.42 Å². The predicted molar refractivity (Wildman–Crippen MR) is 116 cm³/mol. The molecule has 3 unspecified atom stereocenters. The Morgan fingerprint density at radius 3 is 1.90 bits per heavy atom. The van der Waals surface area contributed by atoms with E-state index in [2.05, 4.69) is 6.92 Å². The summed E-state index contributed by atoms with van der Waals surface area (Å²) < 4.78 is 0. The summed E-state index contributed by atoms with van der Waals surface area (Å²) in [6, 6.07) is 0. The molecular weight excluding hydrogens is 404 g/mol. The van der Waals surface area contributed by atoms with E-state index in [0.717, 1.165) is 19.3 Å². The molecule has 178 valence electrons. The molecule has 0 aromatic rings. The van der Waals surface area contributed by atoms with Gasteiger partial charge < -0.3 is 20.4 Å². The smallest absolute Gasteiger partial charge is 0.332 e. The highest BCUT2D eigenvalue weighted by atomic mass is 16.4. The number of hydrogen-bond acceptors (Lipinski definition) is 4. The van der Waals surface area contributed by atoms with Gasteiger partial charge in [0, 0.05) is 5.57 Å². The number of allylic oxidation sites excluding steroid dienone is 1. The number of carbonyl (C=O) groups is 4. The third kappa shape index (κ3) is 13.5. The van der Waals surface area contributed by atoms with Crippen molar-refractivity contribution in [1.82, 2.24) is 0 Å². The molecule has 31 heavy (non-hydrogen) atoms. The Morgan fingerprint density at radius 1 is 0.774 bits per heavy atom. The third-order valence-corrected chi connectivity index (χ3v) is 5.53. The molecule has 0 radical (unpaired) electrons. The van der Waals surface area contributed by atoms with Gasteiger partial charge in [-0.15, -0.1) is 0 Å². The monoisotopic (exact) mass is 442 g/mol. The van der Waals surface area contributed by atoms with Crippen molar-refractivity contribution in [3.8, 4) is 0 Å². The van der Waals surface area contributed by atoms with Crippen molar-refractivity contribution in [2.75, 3.05) is 0 Å². The lowest BCUT2D eigenvalue weighted by Crippen LogP contribution is -2.23. The quantitative estimate of drug-likeness (QED) is 0.164. The van der Waals surface area contributed by atoms with E-state index in [9.17, 15) is 29.4 Å². The number of unbranched alkanes of at least 4 members (excludes halogenated alkanes) is 5. The maximum Gasteiger partial charge on any atom is 0.332 e. The molecule has 0 aliphatic heterocycles. The van der Waals surface area contributed by atoms with Crippen LogP contribution in [0.25, 0.3) is 0 Å². The third-order valence-electron chi connectivity index (χ3n) is 5.53. The van der Waals surface area contributed by atoms with Crippen LogP contribution < -0.4 is 0 Å². The molecule has 0 spiro atoms. The summed E-state index contributed by atoms with van der Waals surface area (Å²) in [5.41, 5.74) is -0.188. The Labute approximate surface area is 184 Å². The fourth-order valence-corrected chi connectivity index (χ4v) is 3.60. The van der Waals surface area contributed by atoms with Gasteiger partial charge in [-0.25, -0.2) is 4.79 Å². The van der Waals surface area contributed by atoms with E-state index in [1.807, 2.05) is 6.92 Å². The minimum Gasteiger partial charge on any atom is -0.481 e. The van der Waals surface area contributed by atoms with Gasteiger partial charge in [-0.3, -0.25) is 14.4 Å². The van der Waals surface area contributed by atoms with Crippen LogP contribution in [-0.2, 0) is 19.2 Å². The SMILES string of the molecule is CCCCCCCCC(C)C/C=C(\C(=O)O)C(CCCC(CC(=O)O)C(=O)O)C(=O)O. The summed E-state index contributed by atoms with van der Waals surface area (Å²) in [5.74, 6) is -7.21. The van der Waals surface area contributed by atoms with Crippen molar-refractivity contribution in [2.45, 2.75) is 90.9 Å². The molecule has 0 aliphatic carbocycles. The van der Waals surface area contributed by atoms with E-state index in [1.54, 1.807) is 0 Å². The molecule has 0 saturated heterocycles. The molecule has 0 aromatic carbocycles. The van der Waals surface area contributed by atoms with Gasteiger partial charge in [0.05, 0.1) is 18.3 Å². The second-order valence-corrected chi connectivity index (χ2v) is 8.32. The van der Waals surface area contributed by atoms with E-state index in [1.165, 1.54) is 31.8 Å². The van der Waals surface area contributed by atoms with Crippen LogP contribution in [0.1, 0.15) is 90.9 Å². The van der Waals surface area contributed by atoms with Gasteiger partial charge in [-0.1, -0.05) is 71.3 Å². The molecule has 0 saturated carbocycles. The number of aliphatic carboxylic acids is 4. The van der Waals surface area contributed by atoms with Gasteiger partial charge in [-0.2, -0.15) is 0 Å². The van der Waals surface area contributed by atoms with Crippen molar-refractivity contribution >= 4 is 23.9 Å². The van der Waals surface area contributed by atoms with Crippen molar-refractivity contribution in [3.05, 3.63) is 11.6 Å². The van der Waals surface area contributed by atoms with Crippen LogP contribution in [0.15, 0.2) is 11.6 Å². The molecule has 0 rings (SSSR count). The van der Waals surface area contributed by atoms with Crippen molar-refractivity contribution in [2.24, 2.45) is 17.8 Å². The standard InChI is InChI=1S/C23H38O8/c1-3-4-5-6-7-8-10-16(2)13-14-19(23(30)31)18(22(28)29)12-9-11-17(21(26)27)15-20(24)25/h14,16-18H,3-13,15H2,1-2H3,(H,24,25)(H,26,27)(H,28,29)(H,30,31)/b19-14-. The van der Waals surface area contributed by atoms with E-state index < -0.39 is 42.1 Å². The van der Waals surface area contributed by atoms with E-state index in [-0.39, 0.29) is 30.8 Å². The average molecular weight is 443 g/mol. The van der Waals surface area contributed by atoms with Gasteiger partial charge in [0.25, 0.3) is 0 Å². The molecule has 8 heteroatoms. The first kappa shape index (κ1) is 28.6. The second kappa shape index (κ2) is 16.3. The lowest BCUT2D eigenvalue weighted by atomic mass is 9.88. The van der Waals surface area contributed by atoms with Crippen LogP contribution in [0.5, 0.6) is 0 Å². The summed E-state index contributed by atoms with van der Waals surface area (Å²) in [6.07, 6.45) is 9.43. The Morgan fingerprint density at radius 2 is 1.39 bits per heavy atom. The topological polar surface area (TPSA) is 149 Å². The Balaban J connectivity index is 4.82. The zero-order valence-corrected chi connectivity index (χ0v) is 18.7. The molecule has 0 aliphatic rings. The average Bonchev–Trinajstić information content (AvgIpc) is 2.67. The van der Waals surface area contributed by atoms with Crippen molar-refractivity contribution in [1.29, 1.82) is 0 Å². The van der Waals surface area contributed by atoms with Crippen LogP contribution >= 0.6 is 0 Å². The predicted octanol–water partition coefficient (Wildman–Crippen LogP) is 4.82. The van der Waals surface area contributed by atoms with Gasteiger partial charge in [0.1, 0.15) is 0 Å². The molecule has 8 nitrogen and oxygen atoms in total. The molecule has 0 fully saturated rings. The van der Waals surface area contributed by atoms with E-state index >= 15 is 0 Å². The molecule has 0 heterocycles. The van der Waals surface area contributed by atoms with Crippen molar-refractivity contribution < 1.29 is 39.6 Å². The molecule has 0 amide bonds. The first-order valence-corrected chi connectivity index (χ1v) is 11.2. The summed E-state index contributed by atoms with van der Waals surface area (Å²) in [4.78, 5) is 45.2. The highest BCUT2D eigenvalue weighted by Gasteiger charge is 2.28. The molecule has 0 bridgehead atoms. The lowest BCUT2D eigenvalue weighted by molar-refractivity contribution is -0.148. The van der Waals surface area contributed by atoms with Gasteiger partial charge in [-0.05, 0) is 25.2 Å². The lowest BCUT2D eigenvalue weighted by Gasteiger charge is -2.16. The van der Waals surface area contributed by atoms with Crippen LogP contribution in [-0.4, -0.2) is 44.3 Å².